The fraction of sp³-hybridized carbons (Fsp3) is 0.429. The highest BCUT2D eigenvalue weighted by molar-refractivity contribution is 6.33. The van der Waals surface area contributed by atoms with Crippen molar-refractivity contribution in [3.05, 3.63) is 28.8 Å². The molecule has 1 amide bonds. The molecule has 1 aliphatic rings. The molecule has 0 unspecified atom stereocenters. The zero-order valence-electron chi connectivity index (χ0n) is 10.5. The van der Waals surface area contributed by atoms with Crippen LogP contribution in [0.3, 0.4) is 0 Å². The summed E-state index contributed by atoms with van der Waals surface area (Å²) in [6, 6.07) is 7.08. The van der Waals surface area contributed by atoms with E-state index in [0.717, 1.165) is 25.7 Å². The zero-order chi connectivity index (χ0) is 13.8. The van der Waals surface area contributed by atoms with Crippen LogP contribution in [0.15, 0.2) is 18.2 Å². The van der Waals surface area contributed by atoms with Gasteiger partial charge in [0.15, 0.2) is 0 Å². The van der Waals surface area contributed by atoms with Crippen molar-refractivity contribution < 1.29 is 4.79 Å². The van der Waals surface area contributed by atoms with E-state index in [4.69, 9.17) is 22.6 Å². The number of nitrogens with zero attached hydrogens (tertiary/aromatic N) is 1. The van der Waals surface area contributed by atoms with E-state index >= 15 is 0 Å². The minimum absolute atomic E-state index is 0.00603. The number of benzene rings is 1. The van der Waals surface area contributed by atoms with E-state index < -0.39 is 0 Å². The van der Waals surface area contributed by atoms with Gasteiger partial charge in [-0.25, -0.2) is 0 Å². The number of hydrogen-bond donors (Lipinski definition) is 2. The number of anilines is 1. The third-order valence-electron chi connectivity index (χ3n) is 3.50. The van der Waals surface area contributed by atoms with E-state index in [2.05, 4.69) is 5.32 Å². The van der Waals surface area contributed by atoms with E-state index in [1.807, 2.05) is 6.07 Å². The van der Waals surface area contributed by atoms with Gasteiger partial charge in [0.1, 0.15) is 0 Å². The number of carbonyl (C=O) groups excluding carboxylic acids is 1. The number of nitrogens with one attached hydrogen (secondary N) is 1. The lowest BCUT2D eigenvalue weighted by Gasteiger charge is -2.25. The highest BCUT2D eigenvalue weighted by Crippen LogP contribution is 2.27. The molecular weight excluding hydrogens is 262 g/mol. The van der Waals surface area contributed by atoms with Crippen LogP contribution in [0.25, 0.3) is 0 Å². The Balaban J connectivity index is 2.01. The maximum atomic E-state index is 12.1. The summed E-state index contributed by atoms with van der Waals surface area (Å²) in [4.78, 5) is 12.1. The SMILES string of the molecule is N#Cc1ccc(NC(=O)C2CCC(N)CC2)c(Cl)c1. The molecule has 0 spiro atoms. The molecule has 0 atom stereocenters. The average molecular weight is 278 g/mol. The van der Waals surface area contributed by atoms with Crippen LogP contribution in [-0.4, -0.2) is 11.9 Å². The van der Waals surface area contributed by atoms with Crippen LogP contribution >= 0.6 is 11.6 Å². The first-order valence-electron chi connectivity index (χ1n) is 6.36. The molecule has 2 rings (SSSR count). The number of amides is 1. The van der Waals surface area contributed by atoms with Gasteiger partial charge in [0, 0.05) is 12.0 Å². The molecule has 0 heterocycles. The van der Waals surface area contributed by atoms with Gasteiger partial charge in [-0.2, -0.15) is 5.26 Å². The van der Waals surface area contributed by atoms with Gasteiger partial charge in [-0.15, -0.1) is 0 Å². The molecule has 4 nitrogen and oxygen atoms in total. The molecule has 1 aromatic carbocycles. The van der Waals surface area contributed by atoms with Crippen LogP contribution in [-0.2, 0) is 4.79 Å². The van der Waals surface area contributed by atoms with Gasteiger partial charge in [0.2, 0.25) is 5.91 Å². The van der Waals surface area contributed by atoms with Crippen molar-refractivity contribution in [3.8, 4) is 6.07 Å². The summed E-state index contributed by atoms with van der Waals surface area (Å²) >= 11 is 6.03. The van der Waals surface area contributed by atoms with Gasteiger partial charge in [-0.3, -0.25) is 4.79 Å². The number of nitrogens with two attached hydrogens (primary N) is 1. The van der Waals surface area contributed by atoms with Crippen molar-refractivity contribution in [1.82, 2.24) is 0 Å². The van der Waals surface area contributed by atoms with Crippen molar-refractivity contribution in [3.63, 3.8) is 0 Å². The van der Waals surface area contributed by atoms with Crippen LogP contribution in [0.2, 0.25) is 5.02 Å². The molecule has 0 saturated heterocycles. The molecule has 0 aromatic heterocycles. The topological polar surface area (TPSA) is 78.9 Å². The molecule has 100 valence electrons. The second-order valence-corrected chi connectivity index (χ2v) is 5.31. The van der Waals surface area contributed by atoms with Crippen molar-refractivity contribution >= 4 is 23.2 Å². The van der Waals surface area contributed by atoms with Crippen LogP contribution < -0.4 is 11.1 Å². The number of hydrogen-bond acceptors (Lipinski definition) is 3. The molecule has 19 heavy (non-hydrogen) atoms. The molecule has 3 N–H and O–H groups in total. The largest absolute Gasteiger partial charge is 0.328 e. The van der Waals surface area contributed by atoms with Crippen LogP contribution in [0.4, 0.5) is 5.69 Å². The highest BCUT2D eigenvalue weighted by Gasteiger charge is 2.24. The standard InChI is InChI=1S/C14H16ClN3O/c15-12-7-9(8-16)1-6-13(12)18-14(19)10-2-4-11(17)5-3-10/h1,6-7,10-11H,2-5,17H2,(H,18,19). The summed E-state index contributed by atoms with van der Waals surface area (Å²) in [5, 5.41) is 12.0. The zero-order valence-corrected chi connectivity index (χ0v) is 11.3. The summed E-state index contributed by atoms with van der Waals surface area (Å²) in [5.41, 5.74) is 6.86. The van der Waals surface area contributed by atoms with Crippen molar-refractivity contribution in [2.45, 2.75) is 31.7 Å². The molecular formula is C14H16ClN3O. The Morgan fingerprint density at radius 3 is 2.63 bits per heavy atom. The Kier molecular flexibility index (Phi) is 4.41. The van der Waals surface area contributed by atoms with Crippen molar-refractivity contribution in [2.75, 3.05) is 5.32 Å². The van der Waals surface area contributed by atoms with Crippen LogP contribution in [0.5, 0.6) is 0 Å². The van der Waals surface area contributed by atoms with Gasteiger partial charge < -0.3 is 11.1 Å². The Hall–Kier alpha value is -1.57. The number of halogens is 1. The van der Waals surface area contributed by atoms with Gasteiger partial charge in [0.25, 0.3) is 0 Å². The molecule has 0 radical (unpaired) electrons. The fourth-order valence-electron chi connectivity index (χ4n) is 2.30. The van der Waals surface area contributed by atoms with Gasteiger partial charge in [-0.1, -0.05) is 11.6 Å². The molecule has 1 aromatic rings. The lowest BCUT2D eigenvalue weighted by atomic mass is 9.86. The molecule has 0 bridgehead atoms. The second kappa shape index (κ2) is 6.05. The quantitative estimate of drug-likeness (QED) is 0.872. The summed E-state index contributed by atoms with van der Waals surface area (Å²) in [6.07, 6.45) is 3.42. The molecule has 1 fully saturated rings. The van der Waals surface area contributed by atoms with Crippen LogP contribution in [0, 0.1) is 17.2 Å². The van der Waals surface area contributed by atoms with Crippen LogP contribution in [0.1, 0.15) is 31.2 Å². The first kappa shape index (κ1) is 13.9. The van der Waals surface area contributed by atoms with E-state index in [9.17, 15) is 4.79 Å². The Morgan fingerprint density at radius 1 is 1.37 bits per heavy atom. The Bertz CT molecular complexity index is 516. The first-order valence-corrected chi connectivity index (χ1v) is 6.74. The van der Waals surface area contributed by atoms with E-state index in [-0.39, 0.29) is 17.9 Å². The highest BCUT2D eigenvalue weighted by atomic mass is 35.5. The summed E-state index contributed by atoms with van der Waals surface area (Å²) in [7, 11) is 0. The van der Waals surface area contributed by atoms with E-state index in [0.29, 0.717) is 16.3 Å². The van der Waals surface area contributed by atoms with Crippen molar-refractivity contribution in [1.29, 1.82) is 5.26 Å². The van der Waals surface area contributed by atoms with Gasteiger partial charge in [-0.05, 0) is 43.9 Å². The summed E-state index contributed by atoms with van der Waals surface area (Å²) in [5.74, 6) is -0.00924. The second-order valence-electron chi connectivity index (χ2n) is 4.91. The minimum Gasteiger partial charge on any atom is -0.328 e. The maximum absolute atomic E-state index is 12.1. The van der Waals surface area contributed by atoms with Gasteiger partial charge in [0.05, 0.1) is 22.3 Å². The average Bonchev–Trinajstić information content (AvgIpc) is 2.41. The molecule has 1 aliphatic carbocycles. The smallest absolute Gasteiger partial charge is 0.227 e. The molecule has 5 heteroatoms. The number of nitriles is 1. The predicted octanol–water partition coefficient (Wildman–Crippen LogP) is 2.67. The third-order valence-corrected chi connectivity index (χ3v) is 3.81. The first-order chi connectivity index (χ1) is 9.10. The number of carbonyl (C=O) groups is 1. The van der Waals surface area contributed by atoms with E-state index in [1.165, 1.54) is 0 Å². The minimum atomic E-state index is -0.0153. The molecule has 0 aliphatic heterocycles. The third kappa shape index (κ3) is 3.46. The number of rotatable bonds is 2. The lowest BCUT2D eigenvalue weighted by molar-refractivity contribution is -0.120. The Labute approximate surface area is 117 Å². The Morgan fingerprint density at radius 2 is 2.05 bits per heavy atom. The van der Waals surface area contributed by atoms with Crippen molar-refractivity contribution in [2.24, 2.45) is 11.7 Å². The van der Waals surface area contributed by atoms with E-state index in [1.54, 1.807) is 18.2 Å². The molecule has 1 saturated carbocycles. The normalized spacial score (nSPS) is 22.6. The summed E-state index contributed by atoms with van der Waals surface area (Å²) < 4.78 is 0. The van der Waals surface area contributed by atoms with Gasteiger partial charge >= 0.3 is 0 Å². The maximum Gasteiger partial charge on any atom is 0.227 e. The monoisotopic (exact) mass is 277 g/mol. The fourth-order valence-corrected chi connectivity index (χ4v) is 2.53. The lowest BCUT2D eigenvalue weighted by Crippen LogP contribution is -2.32. The summed E-state index contributed by atoms with van der Waals surface area (Å²) in [6.45, 7) is 0. The predicted molar refractivity (Wildman–Crippen MR) is 74.7 cm³/mol.